The van der Waals surface area contributed by atoms with Crippen LogP contribution in [0.4, 0.5) is 0 Å². The third-order valence-electron chi connectivity index (χ3n) is 2.60. The molecule has 0 aromatic heterocycles. The molecule has 16 heavy (non-hydrogen) atoms. The van der Waals surface area contributed by atoms with E-state index in [9.17, 15) is 0 Å². The van der Waals surface area contributed by atoms with Crippen LogP contribution in [0, 0.1) is 0 Å². The maximum Gasteiger partial charge on any atom is 0.0712 e. The minimum atomic E-state index is 0.0787. The van der Waals surface area contributed by atoms with E-state index in [2.05, 4.69) is 46.9 Å². The largest absolute Gasteiger partial charge is 0.305 e. The SMILES string of the molecule is CCCCN(C)CC(Cl)c1ccc(Br)cc1. The predicted molar refractivity (Wildman–Crippen MR) is 75.1 cm³/mol. The highest BCUT2D eigenvalue weighted by molar-refractivity contribution is 9.10. The normalized spacial score (nSPS) is 13.1. The highest BCUT2D eigenvalue weighted by Gasteiger charge is 2.10. The van der Waals surface area contributed by atoms with Gasteiger partial charge in [0, 0.05) is 11.0 Å². The number of unbranched alkanes of at least 4 members (excludes halogenated alkanes) is 1. The predicted octanol–water partition coefficient (Wildman–Crippen LogP) is 4.46. The molecule has 0 aliphatic rings. The van der Waals surface area contributed by atoms with Crippen molar-refractivity contribution in [3.63, 3.8) is 0 Å². The Morgan fingerprint density at radius 3 is 2.50 bits per heavy atom. The Morgan fingerprint density at radius 2 is 1.94 bits per heavy atom. The number of hydrogen-bond acceptors (Lipinski definition) is 1. The quantitative estimate of drug-likeness (QED) is 0.701. The molecular formula is C13H19BrClN. The second-order valence-corrected chi connectivity index (χ2v) is 5.58. The van der Waals surface area contributed by atoms with E-state index in [-0.39, 0.29) is 5.38 Å². The number of halogens is 2. The van der Waals surface area contributed by atoms with Crippen LogP contribution in [0.5, 0.6) is 0 Å². The number of rotatable bonds is 6. The Balaban J connectivity index is 2.45. The first-order valence-electron chi connectivity index (χ1n) is 5.71. The summed E-state index contributed by atoms with van der Waals surface area (Å²) in [5, 5.41) is 0.0787. The third kappa shape index (κ3) is 4.86. The van der Waals surface area contributed by atoms with Crippen molar-refractivity contribution >= 4 is 27.5 Å². The van der Waals surface area contributed by atoms with Crippen LogP contribution in [-0.4, -0.2) is 25.0 Å². The molecule has 0 amide bonds. The third-order valence-corrected chi connectivity index (χ3v) is 3.52. The van der Waals surface area contributed by atoms with Gasteiger partial charge in [0.1, 0.15) is 0 Å². The summed E-state index contributed by atoms with van der Waals surface area (Å²) in [7, 11) is 2.13. The standard InChI is InChI=1S/C13H19BrClN/c1-3-4-9-16(2)10-13(15)11-5-7-12(14)8-6-11/h5-8,13H,3-4,9-10H2,1-2H3. The lowest BCUT2D eigenvalue weighted by Gasteiger charge is -2.20. The highest BCUT2D eigenvalue weighted by Crippen LogP contribution is 2.23. The van der Waals surface area contributed by atoms with Crippen LogP contribution in [-0.2, 0) is 0 Å². The van der Waals surface area contributed by atoms with Crippen molar-refractivity contribution in [3.8, 4) is 0 Å². The number of nitrogens with zero attached hydrogens (tertiary/aromatic N) is 1. The lowest BCUT2D eigenvalue weighted by atomic mass is 10.1. The van der Waals surface area contributed by atoms with Crippen LogP contribution >= 0.6 is 27.5 Å². The van der Waals surface area contributed by atoms with Gasteiger partial charge in [-0.3, -0.25) is 0 Å². The molecule has 0 N–H and O–H groups in total. The van der Waals surface area contributed by atoms with E-state index in [4.69, 9.17) is 11.6 Å². The van der Waals surface area contributed by atoms with Gasteiger partial charge in [-0.1, -0.05) is 41.4 Å². The van der Waals surface area contributed by atoms with Crippen LogP contribution in [0.15, 0.2) is 28.7 Å². The minimum Gasteiger partial charge on any atom is -0.305 e. The molecule has 0 aliphatic carbocycles. The first kappa shape index (κ1) is 14.0. The van der Waals surface area contributed by atoms with Crippen LogP contribution < -0.4 is 0 Å². The fourth-order valence-corrected chi connectivity index (χ4v) is 2.22. The van der Waals surface area contributed by atoms with Gasteiger partial charge < -0.3 is 4.90 Å². The fraction of sp³-hybridized carbons (Fsp3) is 0.538. The average molecular weight is 305 g/mol. The monoisotopic (exact) mass is 303 g/mol. The Hall–Kier alpha value is -0.0500. The summed E-state index contributed by atoms with van der Waals surface area (Å²) in [6.45, 7) is 4.24. The first-order chi connectivity index (χ1) is 7.63. The fourth-order valence-electron chi connectivity index (χ4n) is 1.57. The summed E-state index contributed by atoms with van der Waals surface area (Å²) < 4.78 is 1.10. The van der Waals surface area contributed by atoms with E-state index in [0.717, 1.165) is 17.6 Å². The molecule has 0 spiro atoms. The van der Waals surface area contributed by atoms with Gasteiger partial charge in [-0.2, -0.15) is 0 Å². The molecule has 0 radical (unpaired) electrons. The van der Waals surface area contributed by atoms with Crippen LogP contribution in [0.3, 0.4) is 0 Å². The van der Waals surface area contributed by atoms with Gasteiger partial charge >= 0.3 is 0 Å². The number of hydrogen-bond donors (Lipinski definition) is 0. The van der Waals surface area contributed by atoms with E-state index in [1.54, 1.807) is 0 Å². The molecule has 3 heteroatoms. The summed E-state index contributed by atoms with van der Waals surface area (Å²) in [5.74, 6) is 0. The summed E-state index contributed by atoms with van der Waals surface area (Å²) in [6.07, 6.45) is 2.47. The molecule has 1 atom stereocenters. The summed E-state index contributed by atoms with van der Waals surface area (Å²) in [5.41, 5.74) is 1.19. The smallest absolute Gasteiger partial charge is 0.0712 e. The lowest BCUT2D eigenvalue weighted by Crippen LogP contribution is -2.23. The molecule has 0 aliphatic heterocycles. The molecule has 1 nitrogen and oxygen atoms in total. The van der Waals surface area contributed by atoms with Crippen molar-refractivity contribution in [3.05, 3.63) is 34.3 Å². The van der Waals surface area contributed by atoms with Crippen molar-refractivity contribution in [2.24, 2.45) is 0 Å². The highest BCUT2D eigenvalue weighted by atomic mass is 79.9. The molecule has 0 saturated carbocycles. The average Bonchev–Trinajstić information content (AvgIpc) is 2.27. The Labute approximate surface area is 112 Å². The minimum absolute atomic E-state index is 0.0787. The number of benzene rings is 1. The molecule has 0 bridgehead atoms. The summed E-state index contributed by atoms with van der Waals surface area (Å²) in [6, 6.07) is 8.23. The van der Waals surface area contributed by atoms with Crippen LogP contribution in [0.25, 0.3) is 0 Å². The topological polar surface area (TPSA) is 3.24 Å². The lowest BCUT2D eigenvalue weighted by molar-refractivity contribution is 0.328. The molecule has 0 heterocycles. The Bertz CT molecular complexity index is 299. The van der Waals surface area contributed by atoms with Crippen molar-refractivity contribution in [2.75, 3.05) is 20.1 Å². The number of likely N-dealkylation sites (N-methyl/N-ethyl adjacent to an activating group) is 1. The van der Waals surface area contributed by atoms with Gasteiger partial charge in [-0.05, 0) is 37.7 Å². The zero-order chi connectivity index (χ0) is 12.0. The van der Waals surface area contributed by atoms with Gasteiger partial charge in [0.2, 0.25) is 0 Å². The van der Waals surface area contributed by atoms with Crippen molar-refractivity contribution in [1.29, 1.82) is 0 Å². The molecule has 1 unspecified atom stereocenters. The summed E-state index contributed by atoms with van der Waals surface area (Å²) in [4.78, 5) is 2.29. The van der Waals surface area contributed by atoms with E-state index in [1.807, 2.05) is 12.1 Å². The molecule has 1 aromatic carbocycles. The zero-order valence-electron chi connectivity index (χ0n) is 9.92. The molecule has 1 aromatic rings. The van der Waals surface area contributed by atoms with Gasteiger partial charge in [-0.15, -0.1) is 11.6 Å². The molecular weight excluding hydrogens is 286 g/mol. The van der Waals surface area contributed by atoms with E-state index < -0.39 is 0 Å². The van der Waals surface area contributed by atoms with Crippen molar-refractivity contribution < 1.29 is 0 Å². The second kappa shape index (κ2) is 7.31. The zero-order valence-corrected chi connectivity index (χ0v) is 12.3. The van der Waals surface area contributed by atoms with E-state index in [1.165, 1.54) is 18.4 Å². The molecule has 0 fully saturated rings. The molecule has 1 rings (SSSR count). The summed E-state index contributed by atoms with van der Waals surface area (Å²) >= 11 is 9.80. The van der Waals surface area contributed by atoms with Gasteiger partial charge in [0.05, 0.1) is 5.38 Å². The van der Waals surface area contributed by atoms with Crippen LogP contribution in [0.1, 0.15) is 30.7 Å². The maximum atomic E-state index is 6.38. The Morgan fingerprint density at radius 1 is 1.31 bits per heavy atom. The van der Waals surface area contributed by atoms with Gasteiger partial charge in [-0.25, -0.2) is 0 Å². The van der Waals surface area contributed by atoms with Gasteiger partial charge in [0.15, 0.2) is 0 Å². The molecule has 90 valence electrons. The molecule has 0 saturated heterocycles. The van der Waals surface area contributed by atoms with Crippen molar-refractivity contribution in [2.45, 2.75) is 25.1 Å². The van der Waals surface area contributed by atoms with Crippen LogP contribution in [0.2, 0.25) is 0 Å². The maximum absolute atomic E-state index is 6.38. The van der Waals surface area contributed by atoms with E-state index in [0.29, 0.717) is 0 Å². The van der Waals surface area contributed by atoms with Gasteiger partial charge in [0.25, 0.3) is 0 Å². The van der Waals surface area contributed by atoms with E-state index >= 15 is 0 Å². The Kier molecular flexibility index (Phi) is 6.40. The number of alkyl halides is 1. The first-order valence-corrected chi connectivity index (χ1v) is 6.94. The second-order valence-electron chi connectivity index (χ2n) is 4.13. The van der Waals surface area contributed by atoms with Crippen molar-refractivity contribution in [1.82, 2.24) is 4.90 Å².